The molecule has 0 aromatic heterocycles. The van der Waals surface area contributed by atoms with Crippen LogP contribution in [0.25, 0.3) is 0 Å². The van der Waals surface area contributed by atoms with Crippen molar-refractivity contribution in [1.82, 2.24) is 0 Å². The average molecular weight is 378 g/mol. The lowest BCUT2D eigenvalue weighted by molar-refractivity contribution is -0.119. The molecule has 0 saturated heterocycles. The molecule has 0 unspecified atom stereocenters. The van der Waals surface area contributed by atoms with Crippen LogP contribution in [0.2, 0.25) is 0 Å². The highest BCUT2D eigenvalue weighted by molar-refractivity contribution is 7.89. The van der Waals surface area contributed by atoms with Crippen molar-refractivity contribution < 1.29 is 27.5 Å². The molecule has 2 aromatic rings. The maximum Gasteiger partial charge on any atom is 0.338 e. The molecule has 1 amide bonds. The van der Waals surface area contributed by atoms with E-state index < -0.39 is 28.5 Å². The minimum atomic E-state index is -3.95. The summed E-state index contributed by atoms with van der Waals surface area (Å²) in [4.78, 5) is 23.8. The van der Waals surface area contributed by atoms with Crippen LogP contribution in [0.4, 0.5) is 5.69 Å². The Kier molecular flexibility index (Phi) is 5.96. The zero-order chi connectivity index (χ0) is 19.3. The van der Waals surface area contributed by atoms with E-state index in [1.165, 1.54) is 19.2 Å². The van der Waals surface area contributed by atoms with Crippen LogP contribution < -0.4 is 15.2 Å². The van der Waals surface area contributed by atoms with Gasteiger partial charge in [0.05, 0.1) is 17.6 Å². The van der Waals surface area contributed by atoms with E-state index in [2.05, 4.69) is 5.32 Å². The number of esters is 1. The van der Waals surface area contributed by atoms with Crippen LogP contribution in [0.15, 0.2) is 47.4 Å². The zero-order valence-corrected chi connectivity index (χ0v) is 15.0. The molecule has 2 rings (SSSR count). The minimum Gasteiger partial charge on any atom is -0.497 e. The van der Waals surface area contributed by atoms with E-state index in [0.29, 0.717) is 17.0 Å². The van der Waals surface area contributed by atoms with Gasteiger partial charge in [-0.25, -0.2) is 18.4 Å². The lowest BCUT2D eigenvalue weighted by atomic mass is 10.1. The number of methoxy groups -OCH3 is 1. The Morgan fingerprint density at radius 1 is 1.15 bits per heavy atom. The lowest BCUT2D eigenvalue weighted by Crippen LogP contribution is -2.21. The Hall–Kier alpha value is -2.91. The first-order valence-corrected chi connectivity index (χ1v) is 9.00. The van der Waals surface area contributed by atoms with Crippen LogP contribution in [0.5, 0.6) is 5.75 Å². The van der Waals surface area contributed by atoms with Gasteiger partial charge in [-0.15, -0.1) is 0 Å². The van der Waals surface area contributed by atoms with E-state index in [-0.39, 0.29) is 10.5 Å². The summed E-state index contributed by atoms with van der Waals surface area (Å²) in [5, 5.41) is 7.62. The Labute approximate surface area is 151 Å². The number of anilines is 1. The summed E-state index contributed by atoms with van der Waals surface area (Å²) in [6, 6.07) is 10.5. The SMILES string of the molecule is COc1cccc(NC(=O)COC(=O)c2cc(S(N)(=O)=O)ccc2C)c1. The van der Waals surface area contributed by atoms with Crippen LogP contribution >= 0.6 is 0 Å². The van der Waals surface area contributed by atoms with E-state index in [0.717, 1.165) is 6.07 Å². The third-order valence-electron chi connectivity index (χ3n) is 3.45. The van der Waals surface area contributed by atoms with E-state index in [1.807, 2.05) is 0 Å². The molecule has 2 aromatic carbocycles. The Balaban J connectivity index is 2.03. The van der Waals surface area contributed by atoms with Gasteiger partial charge in [0.2, 0.25) is 10.0 Å². The number of sulfonamides is 1. The highest BCUT2D eigenvalue weighted by Crippen LogP contribution is 2.17. The van der Waals surface area contributed by atoms with Gasteiger partial charge in [0.15, 0.2) is 6.61 Å². The number of carbonyl (C=O) groups is 2. The first-order chi connectivity index (χ1) is 12.2. The molecule has 138 valence electrons. The van der Waals surface area contributed by atoms with Crippen molar-refractivity contribution in [1.29, 1.82) is 0 Å². The van der Waals surface area contributed by atoms with Crippen LogP contribution in [0, 0.1) is 6.92 Å². The van der Waals surface area contributed by atoms with Crippen LogP contribution in [0.3, 0.4) is 0 Å². The topological polar surface area (TPSA) is 125 Å². The van der Waals surface area contributed by atoms with Gasteiger partial charge in [0.25, 0.3) is 5.91 Å². The number of ether oxygens (including phenoxy) is 2. The molecule has 8 nitrogen and oxygen atoms in total. The number of benzene rings is 2. The molecule has 3 N–H and O–H groups in total. The molecular weight excluding hydrogens is 360 g/mol. The van der Waals surface area contributed by atoms with Crippen LogP contribution in [-0.2, 0) is 19.6 Å². The first kappa shape index (κ1) is 19.4. The molecule has 0 saturated carbocycles. The van der Waals surface area contributed by atoms with Gasteiger partial charge in [-0.1, -0.05) is 12.1 Å². The van der Waals surface area contributed by atoms with E-state index >= 15 is 0 Å². The molecule has 9 heteroatoms. The first-order valence-electron chi connectivity index (χ1n) is 7.45. The predicted octanol–water partition coefficient (Wildman–Crippen LogP) is 1.45. The summed E-state index contributed by atoms with van der Waals surface area (Å²) >= 11 is 0. The summed E-state index contributed by atoms with van der Waals surface area (Å²) in [6.45, 7) is 1.08. The summed E-state index contributed by atoms with van der Waals surface area (Å²) in [5.41, 5.74) is 0.999. The monoisotopic (exact) mass is 378 g/mol. The second kappa shape index (κ2) is 7.98. The van der Waals surface area contributed by atoms with Crippen molar-refractivity contribution in [2.75, 3.05) is 19.0 Å². The quantitative estimate of drug-likeness (QED) is 0.733. The lowest BCUT2D eigenvalue weighted by Gasteiger charge is -2.10. The fourth-order valence-corrected chi connectivity index (χ4v) is 2.64. The molecule has 0 fully saturated rings. The number of primary sulfonamides is 1. The number of rotatable bonds is 6. The van der Waals surface area contributed by atoms with Crippen molar-refractivity contribution in [3.05, 3.63) is 53.6 Å². The van der Waals surface area contributed by atoms with E-state index in [1.54, 1.807) is 31.2 Å². The van der Waals surface area contributed by atoms with Gasteiger partial charge in [0, 0.05) is 11.8 Å². The van der Waals surface area contributed by atoms with E-state index in [9.17, 15) is 18.0 Å². The van der Waals surface area contributed by atoms with Crippen molar-refractivity contribution in [2.24, 2.45) is 5.14 Å². The third kappa shape index (κ3) is 5.04. The third-order valence-corrected chi connectivity index (χ3v) is 4.36. The summed E-state index contributed by atoms with van der Waals surface area (Å²) in [5.74, 6) is -0.809. The maximum absolute atomic E-state index is 12.1. The predicted molar refractivity (Wildman–Crippen MR) is 94.5 cm³/mol. The molecule has 0 aliphatic rings. The second-order valence-electron chi connectivity index (χ2n) is 5.38. The molecular formula is C17H18N2O6S. The van der Waals surface area contributed by atoms with Crippen LogP contribution in [-0.4, -0.2) is 34.0 Å². The average Bonchev–Trinajstić information content (AvgIpc) is 2.59. The van der Waals surface area contributed by atoms with Gasteiger partial charge in [-0.2, -0.15) is 0 Å². The number of carbonyl (C=O) groups excluding carboxylic acids is 2. The normalized spacial score (nSPS) is 10.9. The maximum atomic E-state index is 12.1. The molecule has 0 spiro atoms. The largest absolute Gasteiger partial charge is 0.497 e. The van der Waals surface area contributed by atoms with Crippen molar-refractivity contribution in [2.45, 2.75) is 11.8 Å². The molecule has 0 atom stereocenters. The highest BCUT2D eigenvalue weighted by atomic mass is 32.2. The number of nitrogens with two attached hydrogens (primary N) is 1. The molecule has 26 heavy (non-hydrogen) atoms. The molecule has 0 aliphatic heterocycles. The molecule has 0 heterocycles. The number of amides is 1. The van der Waals surface area contributed by atoms with Gasteiger partial charge < -0.3 is 14.8 Å². The molecule has 0 aliphatic carbocycles. The minimum absolute atomic E-state index is 0.0192. The van der Waals surface area contributed by atoms with Gasteiger partial charge in [-0.05, 0) is 36.8 Å². The Morgan fingerprint density at radius 2 is 1.88 bits per heavy atom. The summed E-state index contributed by atoms with van der Waals surface area (Å²) in [7, 11) is -2.45. The fourth-order valence-electron chi connectivity index (χ4n) is 2.10. The number of aryl methyl sites for hydroxylation is 1. The second-order valence-corrected chi connectivity index (χ2v) is 6.94. The smallest absolute Gasteiger partial charge is 0.338 e. The van der Waals surface area contributed by atoms with Gasteiger partial charge in [-0.3, -0.25) is 4.79 Å². The standard InChI is InChI=1S/C17H18N2O6S/c1-11-6-7-14(26(18,22)23)9-15(11)17(21)25-10-16(20)19-12-4-3-5-13(8-12)24-2/h3-9H,10H2,1-2H3,(H,19,20)(H2,18,22,23). The van der Waals surface area contributed by atoms with Crippen molar-refractivity contribution in [3.63, 3.8) is 0 Å². The number of hydrogen-bond donors (Lipinski definition) is 2. The zero-order valence-electron chi connectivity index (χ0n) is 14.2. The molecule has 0 radical (unpaired) electrons. The van der Waals surface area contributed by atoms with Gasteiger partial charge in [0.1, 0.15) is 5.75 Å². The van der Waals surface area contributed by atoms with Crippen molar-refractivity contribution in [3.8, 4) is 5.75 Å². The Morgan fingerprint density at radius 3 is 2.54 bits per heavy atom. The summed E-state index contributed by atoms with van der Waals surface area (Å²) < 4.78 is 32.8. The summed E-state index contributed by atoms with van der Waals surface area (Å²) in [6.07, 6.45) is 0. The van der Waals surface area contributed by atoms with Gasteiger partial charge >= 0.3 is 5.97 Å². The molecule has 0 bridgehead atoms. The van der Waals surface area contributed by atoms with Crippen LogP contribution in [0.1, 0.15) is 15.9 Å². The Bertz CT molecular complexity index is 940. The highest BCUT2D eigenvalue weighted by Gasteiger charge is 2.17. The fraction of sp³-hybridized carbons (Fsp3) is 0.176. The number of nitrogens with one attached hydrogen (secondary N) is 1. The number of hydrogen-bond acceptors (Lipinski definition) is 6. The van der Waals surface area contributed by atoms with E-state index in [4.69, 9.17) is 14.6 Å². The van der Waals surface area contributed by atoms with Crippen molar-refractivity contribution >= 4 is 27.6 Å².